The molecule has 1 aliphatic rings. The summed E-state index contributed by atoms with van der Waals surface area (Å²) >= 11 is 4.88. The molecule has 1 aliphatic carbocycles. The molecule has 3 rings (SSSR count). The minimum atomic E-state index is -0.0464. The number of thiophene rings is 1. The lowest BCUT2D eigenvalue weighted by Crippen LogP contribution is -2.10. The number of anilines is 1. The molecule has 2 nitrogen and oxygen atoms in total. The van der Waals surface area contributed by atoms with Crippen molar-refractivity contribution in [3.05, 3.63) is 50.1 Å². The minimum absolute atomic E-state index is 0.0464. The predicted octanol–water partition coefficient (Wildman–Crippen LogP) is 4.25. The predicted molar refractivity (Wildman–Crippen MR) is 78.4 cm³/mol. The molecule has 0 radical (unpaired) electrons. The third-order valence-corrected chi connectivity index (χ3v) is 4.69. The van der Waals surface area contributed by atoms with Crippen molar-refractivity contribution in [2.75, 3.05) is 5.32 Å². The highest BCUT2D eigenvalue weighted by Gasteiger charge is 2.13. The van der Waals surface area contributed by atoms with Crippen LogP contribution in [0.25, 0.3) is 0 Å². The van der Waals surface area contributed by atoms with Crippen molar-refractivity contribution in [1.29, 1.82) is 0 Å². The summed E-state index contributed by atoms with van der Waals surface area (Å²) in [6, 6.07) is 8.06. The molecule has 0 spiro atoms. The third kappa shape index (κ3) is 2.35. The van der Waals surface area contributed by atoms with Crippen molar-refractivity contribution in [2.45, 2.75) is 19.3 Å². The van der Waals surface area contributed by atoms with Gasteiger partial charge in [0.15, 0.2) is 0 Å². The molecule has 18 heavy (non-hydrogen) atoms. The Balaban J connectivity index is 1.78. The number of aryl methyl sites for hydroxylation is 2. The fraction of sp³-hybridized carbons (Fsp3) is 0.214. The zero-order valence-electron chi connectivity index (χ0n) is 9.70. The van der Waals surface area contributed by atoms with Crippen LogP contribution in [0.4, 0.5) is 5.69 Å². The number of rotatable bonds is 2. The molecule has 1 amide bonds. The molecule has 2 aromatic rings. The number of benzene rings is 1. The molecule has 1 aromatic carbocycles. The maximum absolute atomic E-state index is 12.0. The second-order valence-electron chi connectivity index (χ2n) is 4.43. The largest absolute Gasteiger partial charge is 0.322 e. The van der Waals surface area contributed by atoms with Gasteiger partial charge in [-0.1, -0.05) is 6.07 Å². The van der Waals surface area contributed by atoms with Crippen LogP contribution in [0.5, 0.6) is 0 Å². The van der Waals surface area contributed by atoms with Crippen LogP contribution in [0.15, 0.2) is 33.4 Å². The van der Waals surface area contributed by atoms with Gasteiger partial charge >= 0.3 is 0 Å². The van der Waals surface area contributed by atoms with Crippen molar-refractivity contribution >= 4 is 38.9 Å². The van der Waals surface area contributed by atoms with Crippen molar-refractivity contribution in [3.8, 4) is 0 Å². The molecule has 0 unspecified atom stereocenters. The van der Waals surface area contributed by atoms with Crippen LogP contribution in [-0.4, -0.2) is 5.91 Å². The van der Waals surface area contributed by atoms with Gasteiger partial charge in [-0.15, -0.1) is 11.3 Å². The van der Waals surface area contributed by atoms with Crippen LogP contribution in [0.1, 0.15) is 27.9 Å². The fourth-order valence-corrected chi connectivity index (χ4v) is 3.42. The Morgan fingerprint density at radius 2 is 2.06 bits per heavy atom. The quantitative estimate of drug-likeness (QED) is 0.880. The number of carbonyl (C=O) groups excluding carboxylic acids is 1. The molecule has 92 valence electrons. The molecular weight excluding hydrogens is 310 g/mol. The zero-order chi connectivity index (χ0) is 12.5. The van der Waals surface area contributed by atoms with E-state index in [-0.39, 0.29) is 5.91 Å². The van der Waals surface area contributed by atoms with Gasteiger partial charge in [0.2, 0.25) is 0 Å². The average Bonchev–Trinajstić information content (AvgIpc) is 2.96. The summed E-state index contributed by atoms with van der Waals surface area (Å²) in [6.45, 7) is 0. The number of nitrogens with one attached hydrogen (secondary N) is 1. The number of halogens is 1. The Morgan fingerprint density at radius 3 is 2.83 bits per heavy atom. The van der Waals surface area contributed by atoms with E-state index < -0.39 is 0 Å². The SMILES string of the molecule is O=C(Nc1ccc2c(c1)CCC2)c1csc(Br)c1. The van der Waals surface area contributed by atoms with E-state index >= 15 is 0 Å². The Morgan fingerprint density at radius 1 is 1.22 bits per heavy atom. The zero-order valence-corrected chi connectivity index (χ0v) is 12.1. The van der Waals surface area contributed by atoms with Crippen molar-refractivity contribution in [1.82, 2.24) is 0 Å². The van der Waals surface area contributed by atoms with E-state index in [2.05, 4.69) is 33.4 Å². The van der Waals surface area contributed by atoms with Gasteiger partial charge in [-0.3, -0.25) is 4.79 Å². The highest BCUT2D eigenvalue weighted by molar-refractivity contribution is 9.11. The molecule has 0 atom stereocenters. The average molecular weight is 322 g/mol. The Bertz CT molecular complexity index is 606. The lowest BCUT2D eigenvalue weighted by molar-refractivity contribution is 0.102. The highest BCUT2D eigenvalue weighted by atomic mass is 79.9. The maximum Gasteiger partial charge on any atom is 0.256 e. The molecule has 4 heteroatoms. The van der Waals surface area contributed by atoms with Crippen LogP contribution in [0.3, 0.4) is 0 Å². The van der Waals surface area contributed by atoms with E-state index in [1.807, 2.05) is 17.5 Å². The molecule has 0 aliphatic heterocycles. The summed E-state index contributed by atoms with van der Waals surface area (Å²) in [6.07, 6.45) is 3.52. The molecule has 1 heterocycles. The second-order valence-corrected chi connectivity index (χ2v) is 6.72. The van der Waals surface area contributed by atoms with E-state index in [4.69, 9.17) is 0 Å². The highest BCUT2D eigenvalue weighted by Crippen LogP contribution is 2.26. The summed E-state index contributed by atoms with van der Waals surface area (Å²) in [7, 11) is 0. The van der Waals surface area contributed by atoms with E-state index in [1.165, 1.54) is 35.3 Å². The number of fused-ring (bicyclic) bond motifs is 1. The maximum atomic E-state index is 12.0. The molecule has 0 fully saturated rings. The van der Waals surface area contributed by atoms with Gasteiger partial charge in [0.25, 0.3) is 5.91 Å². The first-order valence-electron chi connectivity index (χ1n) is 5.89. The van der Waals surface area contributed by atoms with Crippen LogP contribution in [0, 0.1) is 0 Å². The van der Waals surface area contributed by atoms with E-state index in [0.29, 0.717) is 5.56 Å². The standard InChI is InChI=1S/C14H12BrNOS/c15-13-7-11(8-18-13)14(17)16-12-5-4-9-2-1-3-10(9)6-12/h4-8H,1-3H2,(H,16,17). The Hall–Kier alpha value is -1.13. The first-order chi connectivity index (χ1) is 8.72. The Labute approximate surface area is 118 Å². The van der Waals surface area contributed by atoms with E-state index in [1.54, 1.807) is 0 Å². The monoisotopic (exact) mass is 321 g/mol. The fourth-order valence-electron chi connectivity index (χ4n) is 2.28. The normalized spacial score (nSPS) is 13.4. The molecule has 1 aromatic heterocycles. The van der Waals surface area contributed by atoms with Crippen molar-refractivity contribution < 1.29 is 4.79 Å². The van der Waals surface area contributed by atoms with Gasteiger partial charge in [-0.05, 0) is 64.5 Å². The Kier molecular flexibility index (Phi) is 3.22. The van der Waals surface area contributed by atoms with Gasteiger partial charge in [-0.25, -0.2) is 0 Å². The van der Waals surface area contributed by atoms with Crippen LogP contribution in [0.2, 0.25) is 0 Å². The summed E-state index contributed by atoms with van der Waals surface area (Å²) in [5.74, 6) is -0.0464. The second kappa shape index (κ2) is 4.86. The van der Waals surface area contributed by atoms with Gasteiger partial charge in [0.1, 0.15) is 0 Å². The molecule has 0 bridgehead atoms. The first-order valence-corrected chi connectivity index (χ1v) is 7.57. The van der Waals surface area contributed by atoms with Crippen LogP contribution in [-0.2, 0) is 12.8 Å². The van der Waals surface area contributed by atoms with E-state index in [0.717, 1.165) is 15.9 Å². The van der Waals surface area contributed by atoms with Crippen LogP contribution < -0.4 is 5.32 Å². The molecule has 0 saturated carbocycles. The van der Waals surface area contributed by atoms with Gasteiger partial charge < -0.3 is 5.32 Å². The molecule has 1 N–H and O–H groups in total. The lowest BCUT2D eigenvalue weighted by atomic mass is 10.1. The number of hydrogen-bond donors (Lipinski definition) is 1. The van der Waals surface area contributed by atoms with Gasteiger partial charge in [0.05, 0.1) is 9.35 Å². The third-order valence-electron chi connectivity index (χ3n) is 3.19. The first kappa shape index (κ1) is 11.9. The van der Waals surface area contributed by atoms with E-state index in [9.17, 15) is 4.79 Å². The smallest absolute Gasteiger partial charge is 0.256 e. The lowest BCUT2D eigenvalue weighted by Gasteiger charge is -2.06. The minimum Gasteiger partial charge on any atom is -0.322 e. The summed E-state index contributed by atoms with van der Waals surface area (Å²) < 4.78 is 0.974. The molecular formula is C14H12BrNOS. The van der Waals surface area contributed by atoms with Crippen LogP contribution >= 0.6 is 27.3 Å². The summed E-state index contributed by atoms with van der Waals surface area (Å²) in [5.41, 5.74) is 4.39. The summed E-state index contributed by atoms with van der Waals surface area (Å²) in [5, 5.41) is 4.80. The summed E-state index contributed by atoms with van der Waals surface area (Å²) in [4.78, 5) is 12.0. The number of hydrogen-bond acceptors (Lipinski definition) is 2. The number of carbonyl (C=O) groups is 1. The van der Waals surface area contributed by atoms with Crippen molar-refractivity contribution in [2.24, 2.45) is 0 Å². The van der Waals surface area contributed by atoms with Crippen molar-refractivity contribution in [3.63, 3.8) is 0 Å². The van der Waals surface area contributed by atoms with Gasteiger partial charge in [0, 0.05) is 11.1 Å². The number of amides is 1. The topological polar surface area (TPSA) is 29.1 Å². The van der Waals surface area contributed by atoms with Gasteiger partial charge in [-0.2, -0.15) is 0 Å². The molecule has 0 saturated heterocycles.